The molecule has 0 heterocycles. The van der Waals surface area contributed by atoms with Gasteiger partial charge in [0.25, 0.3) is 0 Å². The Morgan fingerprint density at radius 1 is 1.20 bits per heavy atom. The molecular formula is C15H15FN2O2. The molecule has 5 heteroatoms. The van der Waals surface area contributed by atoms with Gasteiger partial charge >= 0.3 is 5.97 Å². The SMILES string of the molecule is Cc1ccc(F)cc1Nc1cc(C)c(N)c(C(=O)O)c1. The summed E-state index contributed by atoms with van der Waals surface area (Å²) in [6.07, 6.45) is 0. The number of anilines is 3. The van der Waals surface area contributed by atoms with Gasteiger partial charge in [0.15, 0.2) is 0 Å². The number of carboxylic acids is 1. The monoisotopic (exact) mass is 274 g/mol. The van der Waals surface area contributed by atoms with E-state index in [-0.39, 0.29) is 17.1 Å². The Morgan fingerprint density at radius 3 is 2.55 bits per heavy atom. The van der Waals surface area contributed by atoms with Crippen molar-refractivity contribution < 1.29 is 14.3 Å². The summed E-state index contributed by atoms with van der Waals surface area (Å²) in [5.41, 5.74) is 8.66. The smallest absolute Gasteiger partial charge is 0.337 e. The molecule has 4 nitrogen and oxygen atoms in total. The molecule has 0 radical (unpaired) electrons. The molecule has 0 aliphatic rings. The molecule has 2 rings (SSSR count). The normalized spacial score (nSPS) is 10.3. The lowest BCUT2D eigenvalue weighted by Gasteiger charge is -2.13. The van der Waals surface area contributed by atoms with Gasteiger partial charge in [-0.3, -0.25) is 0 Å². The minimum absolute atomic E-state index is 0.0292. The van der Waals surface area contributed by atoms with Gasteiger partial charge in [-0.25, -0.2) is 9.18 Å². The van der Waals surface area contributed by atoms with Crippen molar-refractivity contribution in [2.75, 3.05) is 11.1 Å². The zero-order chi connectivity index (χ0) is 14.9. The van der Waals surface area contributed by atoms with Gasteiger partial charge in [0.1, 0.15) is 5.82 Å². The first-order valence-corrected chi connectivity index (χ1v) is 6.05. The highest BCUT2D eigenvalue weighted by atomic mass is 19.1. The molecular weight excluding hydrogens is 259 g/mol. The van der Waals surface area contributed by atoms with E-state index in [0.29, 0.717) is 16.9 Å². The number of aromatic carboxylic acids is 1. The number of nitrogens with two attached hydrogens (primary N) is 1. The van der Waals surface area contributed by atoms with E-state index in [1.807, 2.05) is 6.92 Å². The molecule has 2 aromatic rings. The first kappa shape index (κ1) is 13.9. The molecule has 0 saturated carbocycles. The van der Waals surface area contributed by atoms with Crippen molar-refractivity contribution in [3.05, 3.63) is 52.8 Å². The zero-order valence-corrected chi connectivity index (χ0v) is 11.2. The van der Waals surface area contributed by atoms with Crippen LogP contribution in [-0.2, 0) is 0 Å². The van der Waals surface area contributed by atoms with Crippen LogP contribution in [0.4, 0.5) is 21.5 Å². The van der Waals surface area contributed by atoms with E-state index >= 15 is 0 Å². The van der Waals surface area contributed by atoms with Crippen LogP contribution in [0, 0.1) is 19.7 Å². The van der Waals surface area contributed by atoms with Gasteiger partial charge in [0.05, 0.1) is 5.56 Å². The number of rotatable bonds is 3. The number of nitrogens with one attached hydrogen (secondary N) is 1. The second-order valence-corrected chi connectivity index (χ2v) is 4.64. The third-order valence-corrected chi connectivity index (χ3v) is 3.10. The van der Waals surface area contributed by atoms with Crippen LogP contribution < -0.4 is 11.1 Å². The van der Waals surface area contributed by atoms with Crippen LogP contribution in [-0.4, -0.2) is 11.1 Å². The maximum Gasteiger partial charge on any atom is 0.337 e. The summed E-state index contributed by atoms with van der Waals surface area (Å²) in [7, 11) is 0. The van der Waals surface area contributed by atoms with Gasteiger partial charge in [-0.2, -0.15) is 0 Å². The molecule has 0 aliphatic carbocycles. The van der Waals surface area contributed by atoms with E-state index in [1.54, 1.807) is 19.1 Å². The highest BCUT2D eigenvalue weighted by molar-refractivity contribution is 5.96. The Hall–Kier alpha value is -2.56. The van der Waals surface area contributed by atoms with E-state index < -0.39 is 5.97 Å². The summed E-state index contributed by atoms with van der Waals surface area (Å²) in [6, 6.07) is 7.56. The van der Waals surface area contributed by atoms with Crippen LogP contribution in [0.15, 0.2) is 30.3 Å². The highest BCUT2D eigenvalue weighted by Gasteiger charge is 2.12. The number of halogens is 1. The summed E-state index contributed by atoms with van der Waals surface area (Å²) in [5.74, 6) is -1.45. The Labute approximate surface area is 116 Å². The second-order valence-electron chi connectivity index (χ2n) is 4.64. The summed E-state index contributed by atoms with van der Waals surface area (Å²) >= 11 is 0. The molecule has 0 fully saturated rings. The van der Waals surface area contributed by atoms with Gasteiger partial charge in [-0.15, -0.1) is 0 Å². The fraction of sp³-hybridized carbons (Fsp3) is 0.133. The highest BCUT2D eigenvalue weighted by Crippen LogP contribution is 2.27. The average Bonchev–Trinajstić information content (AvgIpc) is 2.37. The standard InChI is InChI=1S/C15H15FN2O2/c1-8-3-4-10(16)6-13(8)18-11-5-9(2)14(17)12(7-11)15(19)20/h3-7,18H,17H2,1-2H3,(H,19,20). The molecule has 104 valence electrons. The largest absolute Gasteiger partial charge is 0.478 e. The van der Waals surface area contributed by atoms with Crippen molar-refractivity contribution in [2.45, 2.75) is 13.8 Å². The minimum atomic E-state index is -1.09. The predicted octanol–water partition coefficient (Wildman–Crippen LogP) is 3.47. The lowest BCUT2D eigenvalue weighted by molar-refractivity contribution is 0.0698. The van der Waals surface area contributed by atoms with Gasteiger partial charge < -0.3 is 16.2 Å². The van der Waals surface area contributed by atoms with Gasteiger partial charge in [-0.1, -0.05) is 6.07 Å². The zero-order valence-electron chi connectivity index (χ0n) is 11.2. The average molecular weight is 274 g/mol. The predicted molar refractivity (Wildman–Crippen MR) is 77.0 cm³/mol. The first-order valence-electron chi connectivity index (χ1n) is 6.05. The Balaban J connectivity index is 2.44. The molecule has 0 amide bonds. The fourth-order valence-electron chi connectivity index (χ4n) is 1.93. The summed E-state index contributed by atoms with van der Waals surface area (Å²) in [6.45, 7) is 3.56. The van der Waals surface area contributed by atoms with Crippen LogP contribution in [0.5, 0.6) is 0 Å². The van der Waals surface area contributed by atoms with Crippen LogP contribution in [0.3, 0.4) is 0 Å². The lowest BCUT2D eigenvalue weighted by atomic mass is 10.1. The van der Waals surface area contributed by atoms with E-state index in [9.17, 15) is 9.18 Å². The van der Waals surface area contributed by atoms with Gasteiger partial charge in [0, 0.05) is 17.1 Å². The number of benzene rings is 2. The Bertz CT molecular complexity index is 684. The van der Waals surface area contributed by atoms with Crippen molar-refractivity contribution in [3.63, 3.8) is 0 Å². The van der Waals surface area contributed by atoms with Gasteiger partial charge in [0.2, 0.25) is 0 Å². The van der Waals surface area contributed by atoms with Crippen molar-refractivity contribution in [1.82, 2.24) is 0 Å². The second kappa shape index (κ2) is 5.21. The molecule has 0 aromatic heterocycles. The topological polar surface area (TPSA) is 75.3 Å². The van der Waals surface area contributed by atoms with Crippen molar-refractivity contribution in [1.29, 1.82) is 0 Å². The molecule has 0 aliphatic heterocycles. The van der Waals surface area contributed by atoms with Crippen LogP contribution in [0.2, 0.25) is 0 Å². The summed E-state index contributed by atoms with van der Waals surface area (Å²) in [5, 5.41) is 12.1. The molecule has 0 bridgehead atoms. The molecule has 20 heavy (non-hydrogen) atoms. The molecule has 2 aromatic carbocycles. The molecule has 0 saturated heterocycles. The first-order chi connectivity index (χ1) is 9.38. The summed E-state index contributed by atoms with van der Waals surface area (Å²) in [4.78, 5) is 11.1. The molecule has 0 unspecified atom stereocenters. The Morgan fingerprint density at radius 2 is 1.90 bits per heavy atom. The molecule has 4 N–H and O–H groups in total. The lowest BCUT2D eigenvalue weighted by Crippen LogP contribution is -2.06. The molecule has 0 spiro atoms. The number of hydrogen-bond acceptors (Lipinski definition) is 3. The fourth-order valence-corrected chi connectivity index (χ4v) is 1.93. The van der Waals surface area contributed by atoms with Gasteiger partial charge in [-0.05, 0) is 49.2 Å². The number of nitrogen functional groups attached to an aromatic ring is 1. The minimum Gasteiger partial charge on any atom is -0.478 e. The van der Waals surface area contributed by atoms with E-state index in [1.165, 1.54) is 18.2 Å². The maximum atomic E-state index is 13.2. The number of carboxylic acid groups (broad SMARTS) is 1. The van der Waals surface area contributed by atoms with E-state index in [2.05, 4.69) is 5.32 Å². The van der Waals surface area contributed by atoms with Crippen molar-refractivity contribution in [3.8, 4) is 0 Å². The van der Waals surface area contributed by atoms with Crippen molar-refractivity contribution in [2.24, 2.45) is 0 Å². The van der Waals surface area contributed by atoms with Crippen molar-refractivity contribution >= 4 is 23.0 Å². The third kappa shape index (κ3) is 2.71. The van der Waals surface area contributed by atoms with Crippen LogP contribution in [0.25, 0.3) is 0 Å². The quantitative estimate of drug-likeness (QED) is 0.749. The molecule has 0 atom stereocenters. The van der Waals surface area contributed by atoms with E-state index in [4.69, 9.17) is 10.8 Å². The third-order valence-electron chi connectivity index (χ3n) is 3.10. The maximum absolute atomic E-state index is 13.2. The number of aryl methyl sites for hydroxylation is 2. The number of hydrogen-bond donors (Lipinski definition) is 3. The summed E-state index contributed by atoms with van der Waals surface area (Å²) < 4.78 is 13.2. The van der Waals surface area contributed by atoms with Crippen LogP contribution in [0.1, 0.15) is 21.5 Å². The Kier molecular flexibility index (Phi) is 3.61. The van der Waals surface area contributed by atoms with Crippen LogP contribution >= 0.6 is 0 Å². The number of carbonyl (C=O) groups is 1. The van der Waals surface area contributed by atoms with E-state index in [0.717, 1.165) is 5.56 Å².